The predicted octanol–water partition coefficient (Wildman–Crippen LogP) is 0.583. The first kappa shape index (κ1) is 18.4. The second-order valence-corrected chi connectivity index (χ2v) is 9.43. The Morgan fingerprint density at radius 3 is 2.59 bits per heavy atom. The lowest BCUT2D eigenvalue weighted by atomic mass is 9.90. The number of carbonyl (C=O) groups excluding carboxylic acids is 2. The third kappa shape index (κ3) is 3.35. The Bertz CT molecular complexity index is 890. The van der Waals surface area contributed by atoms with Crippen molar-refractivity contribution in [2.45, 2.75) is 36.2 Å². The van der Waals surface area contributed by atoms with Crippen LogP contribution in [-0.2, 0) is 30.8 Å². The van der Waals surface area contributed by atoms with E-state index in [1.54, 1.807) is 30.1 Å². The van der Waals surface area contributed by atoms with Gasteiger partial charge in [-0.1, -0.05) is 0 Å². The quantitative estimate of drug-likeness (QED) is 0.793. The van der Waals surface area contributed by atoms with Gasteiger partial charge in [-0.05, 0) is 43.0 Å². The number of likely N-dealkylation sites (N-methyl/N-ethyl adjacent to an activating group) is 1. The molecular weight excluding hydrogens is 370 g/mol. The van der Waals surface area contributed by atoms with E-state index in [9.17, 15) is 18.0 Å². The summed E-state index contributed by atoms with van der Waals surface area (Å²) in [5, 5.41) is 2.77. The van der Waals surface area contributed by atoms with Gasteiger partial charge in [0, 0.05) is 38.8 Å². The van der Waals surface area contributed by atoms with E-state index in [1.807, 2.05) is 0 Å². The normalized spacial score (nSPS) is 23.2. The van der Waals surface area contributed by atoms with Gasteiger partial charge in [-0.3, -0.25) is 9.59 Å². The number of ether oxygens (including phenoxy) is 1. The molecule has 4 rings (SSSR count). The largest absolute Gasteiger partial charge is 0.363 e. The molecule has 0 radical (unpaired) electrons. The molecule has 27 heavy (non-hydrogen) atoms. The van der Waals surface area contributed by atoms with Crippen LogP contribution in [0.25, 0.3) is 0 Å². The van der Waals surface area contributed by atoms with E-state index in [2.05, 4.69) is 5.32 Å². The number of nitrogens with one attached hydrogen (secondary N) is 1. The maximum Gasteiger partial charge on any atom is 0.248 e. The highest BCUT2D eigenvalue weighted by Crippen LogP contribution is 2.33. The number of carbonyl (C=O) groups is 2. The Morgan fingerprint density at radius 1 is 1.15 bits per heavy atom. The summed E-state index contributed by atoms with van der Waals surface area (Å²) in [7, 11) is -1.85. The number of hydrogen-bond acceptors (Lipinski definition) is 5. The molecule has 2 saturated heterocycles. The molecule has 2 amide bonds. The lowest BCUT2D eigenvalue weighted by Gasteiger charge is -2.45. The van der Waals surface area contributed by atoms with Crippen molar-refractivity contribution in [3.05, 3.63) is 23.8 Å². The molecule has 8 nitrogen and oxygen atoms in total. The van der Waals surface area contributed by atoms with Crippen LogP contribution in [0.15, 0.2) is 23.1 Å². The van der Waals surface area contributed by atoms with E-state index in [0.29, 0.717) is 51.0 Å². The van der Waals surface area contributed by atoms with Crippen LogP contribution in [0.4, 0.5) is 5.69 Å². The monoisotopic (exact) mass is 393 g/mol. The molecule has 9 heteroatoms. The Balaban J connectivity index is 1.49. The molecule has 1 N–H and O–H groups in total. The molecule has 0 aliphatic carbocycles. The second-order valence-electron chi connectivity index (χ2n) is 7.49. The van der Waals surface area contributed by atoms with Gasteiger partial charge in [0.15, 0.2) is 0 Å². The summed E-state index contributed by atoms with van der Waals surface area (Å²) < 4.78 is 33.4. The van der Waals surface area contributed by atoms with Gasteiger partial charge in [0.25, 0.3) is 0 Å². The van der Waals surface area contributed by atoms with Crippen molar-refractivity contribution in [2.24, 2.45) is 0 Å². The number of piperidine rings is 1. The van der Waals surface area contributed by atoms with Gasteiger partial charge < -0.3 is 15.0 Å². The first-order valence-corrected chi connectivity index (χ1v) is 10.5. The number of benzene rings is 1. The summed E-state index contributed by atoms with van der Waals surface area (Å²) in [6, 6.07) is 4.88. The number of fused-ring (bicyclic) bond motifs is 1. The van der Waals surface area contributed by atoms with Crippen LogP contribution in [0, 0.1) is 0 Å². The summed E-state index contributed by atoms with van der Waals surface area (Å²) in [5.74, 6) is -0.0906. The number of aryl methyl sites for hydroxylation is 1. The maximum absolute atomic E-state index is 13.1. The number of sulfonamides is 1. The number of nitrogens with zero attached hydrogens (tertiary/aromatic N) is 2. The van der Waals surface area contributed by atoms with Crippen LogP contribution >= 0.6 is 0 Å². The fraction of sp³-hybridized carbons (Fsp3) is 0.556. The van der Waals surface area contributed by atoms with Crippen LogP contribution in [0.3, 0.4) is 0 Å². The van der Waals surface area contributed by atoms with E-state index in [1.165, 1.54) is 4.31 Å². The summed E-state index contributed by atoms with van der Waals surface area (Å²) in [6.07, 6.45) is 2.03. The highest BCUT2D eigenvalue weighted by atomic mass is 32.2. The van der Waals surface area contributed by atoms with Crippen molar-refractivity contribution < 1.29 is 22.7 Å². The van der Waals surface area contributed by atoms with Gasteiger partial charge in [0.1, 0.15) is 6.61 Å². The molecule has 0 atom stereocenters. The van der Waals surface area contributed by atoms with Crippen LogP contribution in [0.2, 0.25) is 0 Å². The molecule has 3 heterocycles. The number of morpholine rings is 1. The minimum Gasteiger partial charge on any atom is -0.363 e. The standard InChI is InChI=1S/C18H23N3O5S/c1-20-12-18(26-11-17(20)23)6-8-21(9-7-18)27(24,25)14-3-4-15-13(10-14)2-5-16(22)19-15/h3-4,10H,2,5-9,11-12H2,1H3,(H,19,22). The van der Waals surface area contributed by atoms with Crippen LogP contribution in [-0.4, -0.2) is 68.3 Å². The molecule has 0 aromatic heterocycles. The summed E-state index contributed by atoms with van der Waals surface area (Å²) in [6.45, 7) is 1.27. The molecular formula is C18H23N3O5S. The lowest BCUT2D eigenvalue weighted by molar-refractivity contribution is -0.167. The minimum absolute atomic E-state index is 0.0446. The highest BCUT2D eigenvalue weighted by molar-refractivity contribution is 7.89. The summed E-state index contributed by atoms with van der Waals surface area (Å²) in [5.41, 5.74) is 1.08. The average molecular weight is 393 g/mol. The fourth-order valence-corrected chi connectivity index (χ4v) is 5.49. The number of rotatable bonds is 2. The maximum atomic E-state index is 13.1. The zero-order chi connectivity index (χ0) is 19.2. The van der Waals surface area contributed by atoms with Gasteiger partial charge in [-0.15, -0.1) is 0 Å². The predicted molar refractivity (Wildman–Crippen MR) is 97.7 cm³/mol. The van der Waals surface area contributed by atoms with Gasteiger partial charge >= 0.3 is 0 Å². The molecule has 146 valence electrons. The molecule has 0 saturated carbocycles. The first-order valence-electron chi connectivity index (χ1n) is 9.10. The SMILES string of the molecule is CN1CC2(CCN(S(=O)(=O)c3ccc4c(c3)CCC(=O)N4)CC2)OCC1=O. The average Bonchev–Trinajstić information content (AvgIpc) is 2.65. The van der Waals surface area contributed by atoms with Crippen molar-refractivity contribution in [2.75, 3.05) is 38.6 Å². The van der Waals surface area contributed by atoms with Gasteiger partial charge in [-0.25, -0.2) is 8.42 Å². The third-order valence-corrected chi connectivity index (χ3v) is 7.59. The topological polar surface area (TPSA) is 96.0 Å². The van der Waals surface area contributed by atoms with Crippen molar-refractivity contribution in [1.29, 1.82) is 0 Å². The molecule has 1 aromatic carbocycles. The van der Waals surface area contributed by atoms with E-state index in [0.717, 1.165) is 5.56 Å². The van der Waals surface area contributed by atoms with Crippen molar-refractivity contribution in [3.63, 3.8) is 0 Å². The zero-order valence-electron chi connectivity index (χ0n) is 15.2. The third-order valence-electron chi connectivity index (χ3n) is 5.70. The minimum atomic E-state index is -3.60. The van der Waals surface area contributed by atoms with E-state index in [-0.39, 0.29) is 23.3 Å². The van der Waals surface area contributed by atoms with E-state index in [4.69, 9.17) is 4.74 Å². The number of amides is 2. The first-order chi connectivity index (χ1) is 12.8. The van der Waals surface area contributed by atoms with Crippen molar-refractivity contribution in [1.82, 2.24) is 9.21 Å². The van der Waals surface area contributed by atoms with Crippen molar-refractivity contribution in [3.8, 4) is 0 Å². The lowest BCUT2D eigenvalue weighted by Crippen LogP contribution is -2.58. The van der Waals surface area contributed by atoms with Crippen LogP contribution in [0.1, 0.15) is 24.8 Å². The smallest absolute Gasteiger partial charge is 0.248 e. The van der Waals surface area contributed by atoms with Gasteiger partial charge in [0.05, 0.1) is 10.5 Å². The molecule has 0 unspecified atom stereocenters. The molecule has 3 aliphatic rings. The van der Waals surface area contributed by atoms with Crippen molar-refractivity contribution >= 4 is 27.5 Å². The fourth-order valence-electron chi connectivity index (χ4n) is 4.00. The Morgan fingerprint density at radius 2 is 1.89 bits per heavy atom. The Labute approximate surface area is 158 Å². The van der Waals surface area contributed by atoms with E-state index >= 15 is 0 Å². The van der Waals surface area contributed by atoms with Gasteiger partial charge in [-0.2, -0.15) is 4.31 Å². The molecule has 3 aliphatic heterocycles. The molecule has 1 aromatic rings. The van der Waals surface area contributed by atoms with Crippen LogP contribution in [0.5, 0.6) is 0 Å². The number of anilines is 1. The molecule has 1 spiro atoms. The Kier molecular flexibility index (Phi) is 4.48. The van der Waals surface area contributed by atoms with Gasteiger partial charge in [0.2, 0.25) is 21.8 Å². The second kappa shape index (κ2) is 6.57. The Hall–Kier alpha value is -1.97. The molecule has 0 bridgehead atoms. The van der Waals surface area contributed by atoms with E-state index < -0.39 is 15.6 Å². The highest BCUT2D eigenvalue weighted by Gasteiger charge is 2.43. The zero-order valence-corrected chi connectivity index (χ0v) is 16.0. The number of hydrogen-bond donors (Lipinski definition) is 1. The summed E-state index contributed by atoms with van der Waals surface area (Å²) in [4.78, 5) is 25.0. The molecule has 2 fully saturated rings. The summed E-state index contributed by atoms with van der Waals surface area (Å²) >= 11 is 0. The van der Waals surface area contributed by atoms with Crippen LogP contribution < -0.4 is 5.32 Å².